The minimum atomic E-state index is -0.769. The van der Waals surface area contributed by atoms with E-state index in [4.69, 9.17) is 0 Å². The quantitative estimate of drug-likeness (QED) is 0.651. The molecule has 2 aromatic carbocycles. The molecule has 0 aliphatic heterocycles. The maximum atomic E-state index is 13.8. The molecule has 0 radical (unpaired) electrons. The van der Waals surface area contributed by atoms with E-state index in [-0.39, 0.29) is 5.69 Å². The van der Waals surface area contributed by atoms with Crippen LogP contribution in [0.4, 0.5) is 19.5 Å². The SMILES string of the molecule is O=CN(c1cc2ccccc2s1)c1ccc(F)cc1F. The number of carbonyl (C=O) groups excluding carboxylic acids is 1. The second-order valence-electron chi connectivity index (χ2n) is 4.19. The van der Waals surface area contributed by atoms with Gasteiger partial charge in [0.15, 0.2) is 0 Å². The van der Waals surface area contributed by atoms with Gasteiger partial charge in [-0.3, -0.25) is 9.69 Å². The zero-order valence-corrected chi connectivity index (χ0v) is 11.0. The van der Waals surface area contributed by atoms with Gasteiger partial charge in [-0.05, 0) is 29.7 Å². The number of hydrogen-bond donors (Lipinski definition) is 0. The molecule has 100 valence electrons. The highest BCUT2D eigenvalue weighted by Gasteiger charge is 2.16. The average Bonchev–Trinajstić information content (AvgIpc) is 2.85. The van der Waals surface area contributed by atoms with Gasteiger partial charge in [-0.15, -0.1) is 11.3 Å². The first-order valence-electron chi connectivity index (χ1n) is 5.87. The molecular formula is C15H9F2NOS. The Morgan fingerprint density at radius 1 is 1.05 bits per heavy atom. The smallest absolute Gasteiger partial charge is 0.219 e. The van der Waals surface area contributed by atoms with Crippen LogP contribution in [0.3, 0.4) is 0 Å². The van der Waals surface area contributed by atoms with Crippen LogP contribution in [0.15, 0.2) is 48.5 Å². The standard InChI is InChI=1S/C15H9F2NOS/c16-11-5-6-13(12(17)8-11)18(9-19)15-7-10-3-1-2-4-14(10)20-15/h1-9H. The number of fused-ring (bicyclic) bond motifs is 1. The molecule has 0 spiro atoms. The number of hydrogen-bond acceptors (Lipinski definition) is 2. The van der Waals surface area contributed by atoms with Crippen molar-refractivity contribution in [1.82, 2.24) is 0 Å². The number of thiophene rings is 1. The summed E-state index contributed by atoms with van der Waals surface area (Å²) in [5, 5.41) is 1.56. The second kappa shape index (κ2) is 5.02. The van der Waals surface area contributed by atoms with E-state index in [9.17, 15) is 13.6 Å². The summed E-state index contributed by atoms with van der Waals surface area (Å²) >= 11 is 1.37. The highest BCUT2D eigenvalue weighted by Crippen LogP contribution is 2.36. The monoisotopic (exact) mass is 289 g/mol. The number of anilines is 2. The Hall–Kier alpha value is -2.27. The van der Waals surface area contributed by atoms with Crippen molar-refractivity contribution in [3.05, 3.63) is 60.2 Å². The Bertz CT molecular complexity index is 751. The van der Waals surface area contributed by atoms with Crippen molar-refractivity contribution < 1.29 is 13.6 Å². The molecule has 0 N–H and O–H groups in total. The van der Waals surface area contributed by atoms with E-state index in [1.165, 1.54) is 22.3 Å². The summed E-state index contributed by atoms with van der Waals surface area (Å²) in [6.45, 7) is 0. The van der Waals surface area contributed by atoms with Crippen LogP contribution in [0, 0.1) is 11.6 Å². The van der Waals surface area contributed by atoms with Gasteiger partial charge < -0.3 is 0 Å². The number of benzene rings is 2. The molecule has 2 nitrogen and oxygen atoms in total. The maximum Gasteiger partial charge on any atom is 0.219 e. The van der Waals surface area contributed by atoms with Gasteiger partial charge >= 0.3 is 0 Å². The van der Waals surface area contributed by atoms with Crippen molar-refractivity contribution in [2.45, 2.75) is 0 Å². The van der Waals surface area contributed by atoms with Crippen LogP contribution in [0.25, 0.3) is 10.1 Å². The van der Waals surface area contributed by atoms with Gasteiger partial charge in [-0.25, -0.2) is 8.78 Å². The van der Waals surface area contributed by atoms with Crippen LogP contribution in [0.2, 0.25) is 0 Å². The minimum absolute atomic E-state index is 0.0351. The Morgan fingerprint density at radius 2 is 1.85 bits per heavy atom. The lowest BCUT2D eigenvalue weighted by atomic mass is 10.2. The van der Waals surface area contributed by atoms with Crippen LogP contribution in [0.5, 0.6) is 0 Å². The molecule has 0 aliphatic rings. The van der Waals surface area contributed by atoms with E-state index in [0.717, 1.165) is 22.2 Å². The molecule has 3 rings (SSSR count). The summed E-state index contributed by atoms with van der Waals surface area (Å²) in [5.74, 6) is -1.44. The summed E-state index contributed by atoms with van der Waals surface area (Å²) < 4.78 is 27.7. The first-order chi connectivity index (χ1) is 9.69. The van der Waals surface area contributed by atoms with Crippen LogP contribution in [0.1, 0.15) is 0 Å². The lowest BCUT2D eigenvalue weighted by Crippen LogP contribution is -2.14. The van der Waals surface area contributed by atoms with Crippen LogP contribution >= 0.6 is 11.3 Å². The summed E-state index contributed by atoms with van der Waals surface area (Å²) in [5.41, 5.74) is 0.0351. The van der Waals surface area contributed by atoms with E-state index < -0.39 is 11.6 Å². The fourth-order valence-corrected chi connectivity index (χ4v) is 3.03. The van der Waals surface area contributed by atoms with Crippen LogP contribution in [-0.4, -0.2) is 6.41 Å². The fourth-order valence-electron chi connectivity index (χ4n) is 1.99. The molecule has 0 bridgehead atoms. The molecule has 20 heavy (non-hydrogen) atoms. The Labute approximate surface area is 117 Å². The molecule has 1 aromatic heterocycles. The fraction of sp³-hybridized carbons (Fsp3) is 0. The summed E-state index contributed by atoms with van der Waals surface area (Å²) in [4.78, 5) is 12.5. The molecular weight excluding hydrogens is 280 g/mol. The van der Waals surface area contributed by atoms with E-state index >= 15 is 0 Å². The van der Waals surface area contributed by atoms with E-state index in [1.54, 1.807) is 6.07 Å². The first-order valence-corrected chi connectivity index (χ1v) is 6.69. The van der Waals surface area contributed by atoms with E-state index in [1.807, 2.05) is 24.3 Å². The van der Waals surface area contributed by atoms with Gasteiger partial charge in [0, 0.05) is 10.8 Å². The maximum absolute atomic E-state index is 13.8. The Kier molecular flexibility index (Phi) is 3.20. The zero-order chi connectivity index (χ0) is 14.1. The molecule has 5 heteroatoms. The number of rotatable bonds is 3. The number of halogens is 2. The van der Waals surface area contributed by atoms with Gasteiger partial charge in [0.05, 0.1) is 5.69 Å². The van der Waals surface area contributed by atoms with Gasteiger partial charge in [-0.2, -0.15) is 0 Å². The summed E-state index contributed by atoms with van der Waals surface area (Å²) in [6, 6.07) is 12.6. The Morgan fingerprint density at radius 3 is 2.55 bits per heavy atom. The third-order valence-corrected chi connectivity index (χ3v) is 4.04. The Balaban J connectivity index is 2.11. The number of amides is 1. The highest BCUT2D eigenvalue weighted by atomic mass is 32.1. The third kappa shape index (κ3) is 2.16. The van der Waals surface area contributed by atoms with Gasteiger partial charge in [-0.1, -0.05) is 18.2 Å². The lowest BCUT2D eigenvalue weighted by molar-refractivity contribution is -0.106. The largest absolute Gasteiger partial charge is 0.278 e. The number of carbonyl (C=O) groups is 1. The molecule has 0 saturated heterocycles. The molecule has 0 fully saturated rings. The molecule has 3 aromatic rings. The van der Waals surface area contributed by atoms with Crippen molar-refractivity contribution in [3.8, 4) is 0 Å². The predicted molar refractivity (Wildman–Crippen MR) is 76.4 cm³/mol. The van der Waals surface area contributed by atoms with Gasteiger partial charge in [0.1, 0.15) is 16.6 Å². The van der Waals surface area contributed by atoms with Crippen LogP contribution in [-0.2, 0) is 4.79 Å². The first kappa shape index (κ1) is 12.7. The van der Waals surface area contributed by atoms with Crippen molar-refractivity contribution in [2.24, 2.45) is 0 Å². The summed E-state index contributed by atoms with van der Waals surface area (Å²) in [6.07, 6.45) is 0.529. The molecule has 0 aliphatic carbocycles. The lowest BCUT2D eigenvalue weighted by Gasteiger charge is -2.15. The second-order valence-corrected chi connectivity index (χ2v) is 5.26. The van der Waals surface area contributed by atoms with Gasteiger partial charge in [0.2, 0.25) is 6.41 Å². The van der Waals surface area contributed by atoms with Gasteiger partial charge in [0.25, 0.3) is 0 Å². The van der Waals surface area contributed by atoms with E-state index in [0.29, 0.717) is 11.4 Å². The summed E-state index contributed by atoms with van der Waals surface area (Å²) in [7, 11) is 0. The predicted octanol–water partition coefficient (Wildman–Crippen LogP) is 4.47. The molecule has 0 saturated carbocycles. The average molecular weight is 289 g/mol. The molecule has 1 heterocycles. The van der Waals surface area contributed by atoms with Crippen molar-refractivity contribution in [3.63, 3.8) is 0 Å². The third-order valence-electron chi connectivity index (χ3n) is 2.92. The molecule has 1 amide bonds. The topological polar surface area (TPSA) is 20.3 Å². The van der Waals surface area contributed by atoms with Crippen molar-refractivity contribution in [2.75, 3.05) is 4.90 Å². The zero-order valence-electron chi connectivity index (χ0n) is 10.2. The molecule has 0 atom stereocenters. The highest BCUT2D eigenvalue weighted by molar-refractivity contribution is 7.23. The minimum Gasteiger partial charge on any atom is -0.278 e. The van der Waals surface area contributed by atoms with Crippen molar-refractivity contribution in [1.29, 1.82) is 0 Å². The number of nitrogens with zero attached hydrogens (tertiary/aromatic N) is 1. The molecule has 0 unspecified atom stereocenters. The van der Waals surface area contributed by atoms with E-state index in [2.05, 4.69) is 0 Å². The van der Waals surface area contributed by atoms with Crippen molar-refractivity contribution >= 4 is 38.5 Å². The normalized spacial score (nSPS) is 10.7. The van der Waals surface area contributed by atoms with Crippen LogP contribution < -0.4 is 4.90 Å².